The molecule has 92 valence electrons. The molecule has 0 aliphatic rings. The summed E-state index contributed by atoms with van der Waals surface area (Å²) in [7, 11) is 1.28. The van der Waals surface area contributed by atoms with E-state index in [0.717, 1.165) is 0 Å². The highest BCUT2D eigenvalue weighted by atomic mass is 79.9. The van der Waals surface area contributed by atoms with E-state index in [9.17, 15) is 9.59 Å². The molecule has 0 fully saturated rings. The molecule has 0 spiro atoms. The molecule has 1 unspecified atom stereocenters. The summed E-state index contributed by atoms with van der Waals surface area (Å²) < 4.78 is 4.68. The highest BCUT2D eigenvalue weighted by molar-refractivity contribution is 9.10. The zero-order chi connectivity index (χ0) is 13.0. The summed E-state index contributed by atoms with van der Waals surface area (Å²) in [5, 5.41) is 0. The van der Waals surface area contributed by atoms with Crippen molar-refractivity contribution in [3.05, 3.63) is 34.9 Å². The fraction of sp³-hybridized carbons (Fsp3) is 0.333. The first-order valence-electron chi connectivity index (χ1n) is 4.97. The molecule has 0 aromatic heterocycles. The van der Waals surface area contributed by atoms with Gasteiger partial charge in [0.05, 0.1) is 17.5 Å². The van der Waals surface area contributed by atoms with Crippen LogP contribution in [-0.4, -0.2) is 23.7 Å². The Kier molecular flexibility index (Phi) is 5.15. The number of carbonyl (C=O) groups is 2. The van der Waals surface area contributed by atoms with E-state index in [4.69, 9.17) is 11.6 Å². The number of halogens is 2. The molecule has 0 amide bonds. The van der Waals surface area contributed by atoms with Crippen molar-refractivity contribution in [1.29, 1.82) is 0 Å². The van der Waals surface area contributed by atoms with E-state index in [1.54, 1.807) is 25.1 Å². The third-order valence-corrected chi connectivity index (χ3v) is 3.01. The Morgan fingerprint density at radius 3 is 2.59 bits per heavy atom. The van der Waals surface area contributed by atoms with E-state index in [2.05, 4.69) is 20.7 Å². The van der Waals surface area contributed by atoms with Crippen LogP contribution >= 0.6 is 27.5 Å². The second-order valence-corrected chi connectivity index (χ2v) is 5.09. The largest absolute Gasteiger partial charge is 0.465 e. The van der Waals surface area contributed by atoms with Gasteiger partial charge in [-0.15, -0.1) is 11.6 Å². The fourth-order valence-corrected chi connectivity index (χ4v) is 1.94. The lowest BCUT2D eigenvalue weighted by Crippen LogP contribution is -2.17. The van der Waals surface area contributed by atoms with Gasteiger partial charge in [0, 0.05) is 11.4 Å². The van der Waals surface area contributed by atoms with Crippen LogP contribution in [0.2, 0.25) is 0 Å². The lowest BCUT2D eigenvalue weighted by Gasteiger charge is -2.11. The molecule has 1 atom stereocenters. The number of ketones is 1. The maximum absolute atomic E-state index is 12.0. The number of rotatable bonds is 4. The molecule has 1 aromatic rings. The van der Waals surface area contributed by atoms with Crippen LogP contribution in [0.5, 0.6) is 0 Å². The van der Waals surface area contributed by atoms with Crippen molar-refractivity contribution < 1.29 is 14.3 Å². The topological polar surface area (TPSA) is 43.4 Å². The normalized spacial score (nSPS) is 12.0. The van der Waals surface area contributed by atoms with Gasteiger partial charge in [-0.25, -0.2) is 4.79 Å². The molecule has 17 heavy (non-hydrogen) atoms. The predicted octanol–water partition coefficient (Wildman–Crippen LogP) is 3.18. The molecule has 0 saturated heterocycles. The van der Waals surface area contributed by atoms with Gasteiger partial charge in [0.25, 0.3) is 0 Å². The minimum Gasteiger partial charge on any atom is -0.465 e. The second-order valence-electron chi connectivity index (χ2n) is 3.45. The molecule has 1 rings (SSSR count). The van der Waals surface area contributed by atoms with Gasteiger partial charge in [0.15, 0.2) is 5.78 Å². The van der Waals surface area contributed by atoms with Crippen LogP contribution < -0.4 is 0 Å². The quantitative estimate of drug-likeness (QED) is 0.486. The average molecular weight is 320 g/mol. The van der Waals surface area contributed by atoms with Crippen LogP contribution in [0.1, 0.15) is 33.2 Å². The van der Waals surface area contributed by atoms with Crippen molar-refractivity contribution in [3.8, 4) is 0 Å². The Morgan fingerprint density at radius 1 is 1.47 bits per heavy atom. The first-order chi connectivity index (χ1) is 8.02. The smallest absolute Gasteiger partial charge is 0.338 e. The Labute approximate surface area is 113 Å². The van der Waals surface area contributed by atoms with Gasteiger partial charge in [-0.2, -0.15) is 0 Å². The van der Waals surface area contributed by atoms with E-state index in [1.807, 2.05) is 0 Å². The molecule has 0 heterocycles. The lowest BCUT2D eigenvalue weighted by atomic mass is 9.97. The predicted molar refractivity (Wildman–Crippen MR) is 70.1 cm³/mol. The third-order valence-electron chi connectivity index (χ3n) is 2.31. The Bertz CT molecular complexity index is 443. The summed E-state index contributed by atoms with van der Waals surface area (Å²) in [6.07, 6.45) is 0. The minimum absolute atomic E-state index is 0.155. The highest BCUT2D eigenvalue weighted by Gasteiger charge is 2.23. The summed E-state index contributed by atoms with van der Waals surface area (Å²) in [4.78, 5) is 23.3. The minimum atomic E-state index is -0.544. The summed E-state index contributed by atoms with van der Waals surface area (Å²) in [5.74, 6) is -0.558. The van der Waals surface area contributed by atoms with Gasteiger partial charge >= 0.3 is 5.97 Å². The lowest BCUT2D eigenvalue weighted by molar-refractivity contribution is 0.0596. The standard InChI is InChI=1S/C12H12BrClO3/c1-7(13)11(15)9-5-3-4-8(6-14)10(9)12(16)17-2/h3-5,7H,6H2,1-2H3. The first-order valence-corrected chi connectivity index (χ1v) is 6.42. The van der Waals surface area contributed by atoms with Crippen LogP contribution in [0.4, 0.5) is 0 Å². The van der Waals surface area contributed by atoms with Crippen LogP contribution in [-0.2, 0) is 10.6 Å². The summed E-state index contributed by atoms with van der Waals surface area (Å²) in [5.41, 5.74) is 1.18. The second kappa shape index (κ2) is 6.17. The van der Waals surface area contributed by atoms with Crippen molar-refractivity contribution in [3.63, 3.8) is 0 Å². The number of hydrogen-bond acceptors (Lipinski definition) is 3. The van der Waals surface area contributed by atoms with Gasteiger partial charge in [-0.1, -0.05) is 34.1 Å². The molecule has 0 N–H and O–H groups in total. The molecule has 5 heteroatoms. The van der Waals surface area contributed by atoms with Crippen molar-refractivity contribution in [1.82, 2.24) is 0 Å². The molecule has 0 aliphatic heterocycles. The Balaban J connectivity index is 3.39. The molecular formula is C12H12BrClO3. The molecule has 0 aliphatic carbocycles. The number of alkyl halides is 2. The van der Waals surface area contributed by atoms with Crippen molar-refractivity contribution in [2.45, 2.75) is 17.6 Å². The monoisotopic (exact) mass is 318 g/mol. The number of hydrogen-bond donors (Lipinski definition) is 0. The molecule has 3 nitrogen and oxygen atoms in total. The van der Waals surface area contributed by atoms with Crippen LogP contribution in [0, 0.1) is 0 Å². The number of esters is 1. The van der Waals surface area contributed by atoms with Gasteiger partial charge in [-0.3, -0.25) is 4.79 Å². The zero-order valence-electron chi connectivity index (χ0n) is 9.50. The van der Waals surface area contributed by atoms with E-state index in [-0.39, 0.29) is 22.1 Å². The van der Waals surface area contributed by atoms with E-state index in [1.165, 1.54) is 7.11 Å². The maximum atomic E-state index is 12.0. The number of benzene rings is 1. The first kappa shape index (κ1) is 14.2. The number of Topliss-reactive ketones (excluding diaryl/α,β-unsaturated/α-hetero) is 1. The number of ether oxygens (including phenoxy) is 1. The zero-order valence-corrected chi connectivity index (χ0v) is 11.8. The molecule has 0 radical (unpaired) electrons. The van der Waals surface area contributed by atoms with Crippen LogP contribution in [0.25, 0.3) is 0 Å². The van der Waals surface area contributed by atoms with E-state index in [0.29, 0.717) is 11.1 Å². The fourth-order valence-electron chi connectivity index (χ4n) is 1.47. The molecule has 0 saturated carbocycles. The van der Waals surface area contributed by atoms with Crippen LogP contribution in [0.3, 0.4) is 0 Å². The Morgan fingerprint density at radius 2 is 2.12 bits per heavy atom. The molecule has 0 bridgehead atoms. The Hall–Kier alpha value is -0.870. The SMILES string of the molecule is COC(=O)c1c(CCl)cccc1C(=O)C(C)Br. The number of carbonyl (C=O) groups excluding carboxylic acids is 2. The molecule has 1 aromatic carbocycles. The van der Waals surface area contributed by atoms with Crippen molar-refractivity contribution in [2.75, 3.05) is 7.11 Å². The summed E-state index contributed by atoms with van der Waals surface area (Å²) in [6.45, 7) is 1.71. The summed E-state index contributed by atoms with van der Waals surface area (Å²) >= 11 is 8.95. The molecular weight excluding hydrogens is 307 g/mol. The summed E-state index contributed by atoms with van der Waals surface area (Å²) in [6, 6.07) is 5.00. The van der Waals surface area contributed by atoms with Crippen molar-refractivity contribution >= 4 is 39.3 Å². The van der Waals surface area contributed by atoms with Gasteiger partial charge < -0.3 is 4.74 Å². The third kappa shape index (κ3) is 3.07. The van der Waals surface area contributed by atoms with Gasteiger partial charge in [0.1, 0.15) is 0 Å². The van der Waals surface area contributed by atoms with Gasteiger partial charge in [-0.05, 0) is 12.5 Å². The highest BCUT2D eigenvalue weighted by Crippen LogP contribution is 2.21. The number of methoxy groups -OCH3 is 1. The van der Waals surface area contributed by atoms with E-state index >= 15 is 0 Å². The average Bonchev–Trinajstić information content (AvgIpc) is 2.35. The maximum Gasteiger partial charge on any atom is 0.338 e. The van der Waals surface area contributed by atoms with Gasteiger partial charge in [0.2, 0.25) is 0 Å². The van der Waals surface area contributed by atoms with Crippen LogP contribution in [0.15, 0.2) is 18.2 Å². The van der Waals surface area contributed by atoms with E-state index < -0.39 is 5.97 Å². The van der Waals surface area contributed by atoms with Crippen molar-refractivity contribution in [2.24, 2.45) is 0 Å².